The van der Waals surface area contributed by atoms with E-state index in [0.717, 1.165) is 49.2 Å². The van der Waals surface area contributed by atoms with Crippen molar-refractivity contribution in [2.45, 2.75) is 58.4 Å². The molecule has 1 aromatic rings. The predicted molar refractivity (Wildman–Crippen MR) is 77.4 cm³/mol. The third kappa shape index (κ3) is 3.03. The first kappa shape index (κ1) is 15.0. The van der Waals surface area contributed by atoms with Crippen LogP contribution in [0.4, 0.5) is 0 Å². The molecule has 1 aromatic heterocycles. The molecule has 2 heterocycles. The highest BCUT2D eigenvalue weighted by Gasteiger charge is 2.27. The Morgan fingerprint density at radius 3 is 2.85 bits per heavy atom. The van der Waals surface area contributed by atoms with Crippen molar-refractivity contribution >= 4 is 5.91 Å². The van der Waals surface area contributed by atoms with Gasteiger partial charge in [-0.3, -0.25) is 4.79 Å². The van der Waals surface area contributed by atoms with Crippen molar-refractivity contribution < 1.29 is 9.32 Å². The van der Waals surface area contributed by atoms with Crippen LogP contribution in [-0.4, -0.2) is 35.1 Å². The second-order valence-corrected chi connectivity index (χ2v) is 5.39. The third-order valence-electron chi connectivity index (χ3n) is 4.15. The van der Waals surface area contributed by atoms with Crippen LogP contribution >= 0.6 is 0 Å². The number of carbonyl (C=O) groups excluding carboxylic acids is 1. The molecule has 0 aliphatic carbocycles. The zero-order chi connectivity index (χ0) is 14.5. The Kier molecular flexibility index (Phi) is 5.17. The molecule has 1 aliphatic heterocycles. The maximum absolute atomic E-state index is 12.6. The molecule has 1 fully saturated rings. The third-order valence-corrected chi connectivity index (χ3v) is 4.15. The summed E-state index contributed by atoms with van der Waals surface area (Å²) in [6.45, 7) is 5.44. The standard InChI is InChI=1S/C15H25N3O2/c1-3-13-12(14(4-2)20-17-13)9-15(19)18-8-6-5-7-11(18)10-16/h11H,3-10,16H2,1-2H3. The molecule has 5 heteroatoms. The molecule has 2 rings (SSSR count). The van der Waals surface area contributed by atoms with Crippen molar-refractivity contribution in [2.24, 2.45) is 5.73 Å². The van der Waals surface area contributed by atoms with Crippen LogP contribution < -0.4 is 5.73 Å². The number of piperidine rings is 1. The Morgan fingerprint density at radius 1 is 1.40 bits per heavy atom. The van der Waals surface area contributed by atoms with Gasteiger partial charge in [-0.25, -0.2) is 0 Å². The first-order chi connectivity index (χ1) is 9.71. The van der Waals surface area contributed by atoms with Crippen LogP contribution in [0, 0.1) is 0 Å². The molecular formula is C15H25N3O2. The summed E-state index contributed by atoms with van der Waals surface area (Å²) in [5, 5.41) is 4.07. The van der Waals surface area contributed by atoms with Crippen LogP contribution in [0.2, 0.25) is 0 Å². The Morgan fingerprint density at radius 2 is 2.20 bits per heavy atom. The molecule has 20 heavy (non-hydrogen) atoms. The van der Waals surface area contributed by atoms with E-state index in [0.29, 0.717) is 13.0 Å². The molecule has 112 valence electrons. The van der Waals surface area contributed by atoms with Crippen LogP contribution in [-0.2, 0) is 24.1 Å². The average Bonchev–Trinajstić information content (AvgIpc) is 2.88. The fraction of sp³-hybridized carbons (Fsp3) is 0.733. The van der Waals surface area contributed by atoms with Crippen molar-refractivity contribution in [1.82, 2.24) is 10.1 Å². The summed E-state index contributed by atoms with van der Waals surface area (Å²) < 4.78 is 5.33. The van der Waals surface area contributed by atoms with E-state index in [1.165, 1.54) is 6.42 Å². The largest absolute Gasteiger partial charge is 0.361 e. The lowest BCUT2D eigenvalue weighted by atomic mass is 10.00. The molecule has 1 saturated heterocycles. The zero-order valence-electron chi connectivity index (χ0n) is 12.5. The molecule has 0 saturated carbocycles. The SMILES string of the molecule is CCc1noc(CC)c1CC(=O)N1CCCCC1CN. The topological polar surface area (TPSA) is 72.4 Å². The van der Waals surface area contributed by atoms with Crippen molar-refractivity contribution in [1.29, 1.82) is 0 Å². The van der Waals surface area contributed by atoms with Gasteiger partial charge in [0.2, 0.25) is 5.91 Å². The van der Waals surface area contributed by atoms with Crippen LogP contribution in [0.3, 0.4) is 0 Å². The smallest absolute Gasteiger partial charge is 0.227 e. The Bertz CT molecular complexity index is 434. The molecule has 0 radical (unpaired) electrons. The lowest BCUT2D eigenvalue weighted by Gasteiger charge is -2.35. The minimum absolute atomic E-state index is 0.160. The van der Waals surface area contributed by atoms with Crippen molar-refractivity contribution in [3.05, 3.63) is 17.0 Å². The van der Waals surface area contributed by atoms with Crippen molar-refractivity contribution in [2.75, 3.05) is 13.1 Å². The summed E-state index contributed by atoms with van der Waals surface area (Å²) in [6, 6.07) is 0.200. The predicted octanol–water partition coefficient (Wildman–Crippen LogP) is 1.68. The van der Waals surface area contributed by atoms with E-state index in [1.807, 2.05) is 18.7 Å². The highest BCUT2D eigenvalue weighted by molar-refractivity contribution is 5.79. The quantitative estimate of drug-likeness (QED) is 0.890. The highest BCUT2D eigenvalue weighted by Crippen LogP contribution is 2.21. The Balaban J connectivity index is 2.12. The van der Waals surface area contributed by atoms with Gasteiger partial charge < -0.3 is 15.2 Å². The van der Waals surface area contributed by atoms with Crippen LogP contribution in [0.25, 0.3) is 0 Å². The summed E-state index contributed by atoms with van der Waals surface area (Å²) >= 11 is 0. The molecule has 0 aromatic carbocycles. The zero-order valence-corrected chi connectivity index (χ0v) is 12.5. The minimum atomic E-state index is 0.160. The molecule has 1 aliphatic rings. The van der Waals surface area contributed by atoms with E-state index < -0.39 is 0 Å². The van der Waals surface area contributed by atoms with Gasteiger partial charge in [-0.05, 0) is 25.7 Å². The van der Waals surface area contributed by atoms with Crippen LogP contribution in [0.1, 0.15) is 50.1 Å². The first-order valence-electron chi connectivity index (χ1n) is 7.67. The van der Waals surface area contributed by atoms with E-state index in [1.54, 1.807) is 0 Å². The molecule has 1 atom stereocenters. The van der Waals surface area contributed by atoms with Gasteiger partial charge >= 0.3 is 0 Å². The van der Waals surface area contributed by atoms with E-state index in [9.17, 15) is 4.79 Å². The fourth-order valence-electron chi connectivity index (χ4n) is 2.96. The summed E-state index contributed by atoms with van der Waals surface area (Å²) in [5.41, 5.74) is 7.69. The number of nitrogens with zero attached hydrogens (tertiary/aromatic N) is 2. The van der Waals surface area contributed by atoms with E-state index in [-0.39, 0.29) is 11.9 Å². The van der Waals surface area contributed by atoms with Gasteiger partial charge in [-0.1, -0.05) is 19.0 Å². The van der Waals surface area contributed by atoms with Gasteiger partial charge in [-0.2, -0.15) is 0 Å². The van der Waals surface area contributed by atoms with Crippen LogP contribution in [0.5, 0.6) is 0 Å². The van der Waals surface area contributed by atoms with E-state index in [4.69, 9.17) is 10.3 Å². The number of aryl methyl sites for hydroxylation is 2. The second-order valence-electron chi connectivity index (χ2n) is 5.39. The van der Waals surface area contributed by atoms with Gasteiger partial charge in [0, 0.05) is 31.1 Å². The maximum atomic E-state index is 12.6. The molecule has 1 unspecified atom stereocenters. The lowest BCUT2D eigenvalue weighted by Crippen LogP contribution is -2.48. The normalized spacial score (nSPS) is 19.4. The van der Waals surface area contributed by atoms with Crippen LogP contribution in [0.15, 0.2) is 4.52 Å². The summed E-state index contributed by atoms with van der Waals surface area (Å²) in [7, 11) is 0. The van der Waals surface area contributed by atoms with Gasteiger partial charge in [0.15, 0.2) is 0 Å². The van der Waals surface area contributed by atoms with Gasteiger partial charge in [0.05, 0.1) is 12.1 Å². The fourth-order valence-corrected chi connectivity index (χ4v) is 2.96. The lowest BCUT2D eigenvalue weighted by molar-refractivity contribution is -0.133. The van der Waals surface area contributed by atoms with E-state index >= 15 is 0 Å². The molecule has 1 amide bonds. The number of hydrogen-bond donors (Lipinski definition) is 1. The number of hydrogen-bond acceptors (Lipinski definition) is 4. The Labute approximate surface area is 120 Å². The molecule has 0 bridgehead atoms. The molecule has 2 N–H and O–H groups in total. The van der Waals surface area contributed by atoms with Gasteiger partial charge in [0.1, 0.15) is 5.76 Å². The summed E-state index contributed by atoms with van der Waals surface area (Å²) in [5.74, 6) is 1.00. The van der Waals surface area contributed by atoms with Crippen molar-refractivity contribution in [3.63, 3.8) is 0 Å². The number of nitrogens with two attached hydrogens (primary N) is 1. The Hall–Kier alpha value is -1.36. The highest BCUT2D eigenvalue weighted by atomic mass is 16.5. The number of amides is 1. The number of carbonyl (C=O) groups is 1. The van der Waals surface area contributed by atoms with Gasteiger partial charge in [0.25, 0.3) is 0 Å². The number of aromatic nitrogens is 1. The summed E-state index contributed by atoms with van der Waals surface area (Å²) in [4.78, 5) is 14.5. The number of likely N-dealkylation sites (tertiary alicyclic amines) is 1. The van der Waals surface area contributed by atoms with Crippen molar-refractivity contribution in [3.8, 4) is 0 Å². The molecule has 0 spiro atoms. The van der Waals surface area contributed by atoms with E-state index in [2.05, 4.69) is 5.16 Å². The molecular weight excluding hydrogens is 254 g/mol. The number of rotatable bonds is 5. The second kappa shape index (κ2) is 6.88. The first-order valence-corrected chi connectivity index (χ1v) is 7.67. The average molecular weight is 279 g/mol. The maximum Gasteiger partial charge on any atom is 0.227 e. The monoisotopic (exact) mass is 279 g/mol. The summed E-state index contributed by atoms with van der Waals surface area (Å²) in [6.07, 6.45) is 5.23. The van der Waals surface area contributed by atoms with Gasteiger partial charge in [-0.15, -0.1) is 0 Å². The molecule has 5 nitrogen and oxygen atoms in total. The minimum Gasteiger partial charge on any atom is -0.361 e.